The molecule has 6 nitrogen and oxygen atoms in total. The number of furan rings is 1. The Morgan fingerprint density at radius 3 is 2.52 bits per heavy atom. The van der Waals surface area contributed by atoms with Gasteiger partial charge in [-0.3, -0.25) is 9.59 Å². The molecule has 0 aliphatic carbocycles. The van der Waals surface area contributed by atoms with Gasteiger partial charge in [0.2, 0.25) is 0 Å². The van der Waals surface area contributed by atoms with Crippen LogP contribution in [0.2, 0.25) is 0 Å². The SMILES string of the molecule is COC(=O)CCN(CC(F)(F)F)C(=O)c1ccc(CN)o1. The van der Waals surface area contributed by atoms with E-state index in [9.17, 15) is 22.8 Å². The standard InChI is InChI=1S/C12H15F3N2O4/c1-20-10(18)4-5-17(7-12(13,14)15)11(19)9-3-2-8(6-16)21-9/h2-3H,4-7,16H2,1H3. The van der Waals surface area contributed by atoms with Crippen LogP contribution in [-0.2, 0) is 16.1 Å². The number of halogens is 3. The van der Waals surface area contributed by atoms with Crippen molar-refractivity contribution in [2.45, 2.75) is 19.1 Å². The summed E-state index contributed by atoms with van der Waals surface area (Å²) in [5, 5.41) is 0. The summed E-state index contributed by atoms with van der Waals surface area (Å²) in [6.07, 6.45) is -4.93. The van der Waals surface area contributed by atoms with Gasteiger partial charge in [0.15, 0.2) is 5.76 Å². The fourth-order valence-corrected chi connectivity index (χ4v) is 1.56. The molecule has 0 saturated carbocycles. The maximum atomic E-state index is 12.5. The molecular formula is C12H15F3N2O4. The molecule has 0 aliphatic heterocycles. The van der Waals surface area contributed by atoms with E-state index in [4.69, 9.17) is 10.2 Å². The number of carbonyl (C=O) groups excluding carboxylic acids is 2. The van der Waals surface area contributed by atoms with Gasteiger partial charge in [-0.05, 0) is 12.1 Å². The Morgan fingerprint density at radius 1 is 1.38 bits per heavy atom. The molecule has 1 rings (SSSR count). The van der Waals surface area contributed by atoms with Crippen molar-refractivity contribution in [1.29, 1.82) is 0 Å². The van der Waals surface area contributed by atoms with Gasteiger partial charge in [-0.1, -0.05) is 0 Å². The molecule has 0 unspecified atom stereocenters. The van der Waals surface area contributed by atoms with Crippen LogP contribution in [0.4, 0.5) is 13.2 Å². The first-order valence-electron chi connectivity index (χ1n) is 5.98. The molecule has 0 atom stereocenters. The van der Waals surface area contributed by atoms with Crippen LogP contribution in [0.3, 0.4) is 0 Å². The van der Waals surface area contributed by atoms with E-state index in [2.05, 4.69) is 4.74 Å². The molecule has 1 heterocycles. The summed E-state index contributed by atoms with van der Waals surface area (Å²) in [7, 11) is 1.11. The summed E-state index contributed by atoms with van der Waals surface area (Å²) in [5.74, 6) is -1.66. The number of hydrogen-bond acceptors (Lipinski definition) is 5. The molecule has 0 radical (unpaired) electrons. The van der Waals surface area contributed by atoms with Crippen molar-refractivity contribution >= 4 is 11.9 Å². The van der Waals surface area contributed by atoms with Crippen LogP contribution in [0.15, 0.2) is 16.5 Å². The summed E-state index contributed by atoms with van der Waals surface area (Å²) in [6, 6.07) is 2.64. The minimum Gasteiger partial charge on any atom is -0.469 e. The van der Waals surface area contributed by atoms with E-state index in [1.54, 1.807) is 0 Å². The number of ether oxygens (including phenoxy) is 1. The fourth-order valence-electron chi connectivity index (χ4n) is 1.56. The lowest BCUT2D eigenvalue weighted by Crippen LogP contribution is -2.40. The Labute approximate surface area is 118 Å². The highest BCUT2D eigenvalue weighted by atomic mass is 19.4. The first-order chi connectivity index (χ1) is 9.76. The zero-order valence-electron chi connectivity index (χ0n) is 11.3. The third kappa shape index (κ3) is 5.46. The van der Waals surface area contributed by atoms with E-state index >= 15 is 0 Å². The van der Waals surface area contributed by atoms with Gasteiger partial charge in [0, 0.05) is 6.54 Å². The van der Waals surface area contributed by atoms with Gasteiger partial charge in [-0.15, -0.1) is 0 Å². The monoisotopic (exact) mass is 308 g/mol. The maximum Gasteiger partial charge on any atom is 0.406 e. The quantitative estimate of drug-likeness (QED) is 0.801. The van der Waals surface area contributed by atoms with Crippen LogP contribution < -0.4 is 5.73 Å². The molecule has 0 spiro atoms. The number of nitrogens with zero attached hydrogens (tertiary/aromatic N) is 1. The number of esters is 1. The minimum absolute atomic E-state index is 0.0225. The number of nitrogens with two attached hydrogens (primary N) is 1. The first kappa shape index (κ1) is 17.0. The first-order valence-corrected chi connectivity index (χ1v) is 5.98. The summed E-state index contributed by atoms with van der Waals surface area (Å²) in [4.78, 5) is 23.5. The average molecular weight is 308 g/mol. The van der Waals surface area contributed by atoms with E-state index in [-0.39, 0.29) is 24.5 Å². The number of amides is 1. The lowest BCUT2D eigenvalue weighted by atomic mass is 10.3. The van der Waals surface area contributed by atoms with E-state index < -0.39 is 31.1 Å². The van der Waals surface area contributed by atoms with Crippen molar-refractivity contribution in [2.24, 2.45) is 5.73 Å². The van der Waals surface area contributed by atoms with Gasteiger partial charge in [0.05, 0.1) is 20.1 Å². The van der Waals surface area contributed by atoms with Crippen LogP contribution in [-0.4, -0.2) is 43.2 Å². The molecule has 0 fully saturated rings. The zero-order valence-corrected chi connectivity index (χ0v) is 11.3. The highest BCUT2D eigenvalue weighted by molar-refractivity contribution is 5.91. The van der Waals surface area contributed by atoms with Crippen molar-refractivity contribution < 1.29 is 31.9 Å². The van der Waals surface area contributed by atoms with Crippen LogP contribution in [0, 0.1) is 0 Å². The predicted octanol–water partition coefficient (Wildman–Crippen LogP) is 1.31. The Kier molecular flexibility index (Phi) is 5.77. The van der Waals surface area contributed by atoms with Gasteiger partial charge in [0.25, 0.3) is 5.91 Å². The van der Waals surface area contributed by atoms with E-state index in [1.807, 2.05) is 0 Å². The number of hydrogen-bond donors (Lipinski definition) is 1. The Balaban J connectivity index is 2.83. The number of rotatable bonds is 6. The third-order valence-electron chi connectivity index (χ3n) is 2.54. The van der Waals surface area contributed by atoms with Crippen molar-refractivity contribution in [2.75, 3.05) is 20.2 Å². The fraction of sp³-hybridized carbons (Fsp3) is 0.500. The molecule has 0 aliphatic rings. The third-order valence-corrected chi connectivity index (χ3v) is 2.54. The Morgan fingerprint density at radius 2 is 2.05 bits per heavy atom. The second kappa shape index (κ2) is 7.11. The molecule has 9 heteroatoms. The number of carbonyl (C=O) groups is 2. The van der Waals surface area contributed by atoms with Crippen LogP contribution in [0.5, 0.6) is 0 Å². The lowest BCUT2D eigenvalue weighted by Gasteiger charge is -2.22. The second-order valence-corrected chi connectivity index (χ2v) is 4.14. The predicted molar refractivity (Wildman–Crippen MR) is 65.2 cm³/mol. The normalized spacial score (nSPS) is 11.3. The van der Waals surface area contributed by atoms with E-state index in [1.165, 1.54) is 12.1 Å². The van der Waals surface area contributed by atoms with Crippen molar-refractivity contribution in [3.63, 3.8) is 0 Å². The van der Waals surface area contributed by atoms with Gasteiger partial charge in [-0.25, -0.2) is 0 Å². The van der Waals surface area contributed by atoms with Crippen molar-refractivity contribution in [3.8, 4) is 0 Å². The molecule has 2 N–H and O–H groups in total. The van der Waals surface area contributed by atoms with Crippen LogP contribution in [0.1, 0.15) is 22.7 Å². The molecule has 1 aromatic rings. The van der Waals surface area contributed by atoms with Crippen molar-refractivity contribution in [3.05, 3.63) is 23.7 Å². The highest BCUT2D eigenvalue weighted by Crippen LogP contribution is 2.19. The lowest BCUT2D eigenvalue weighted by molar-refractivity contribution is -0.147. The van der Waals surface area contributed by atoms with Gasteiger partial charge >= 0.3 is 12.1 Å². The number of alkyl halides is 3. The molecule has 0 bridgehead atoms. The van der Waals surface area contributed by atoms with Gasteiger partial charge < -0.3 is 19.8 Å². The molecule has 118 valence electrons. The summed E-state index contributed by atoms with van der Waals surface area (Å²) in [5.41, 5.74) is 5.30. The summed E-state index contributed by atoms with van der Waals surface area (Å²) in [6.45, 7) is -1.89. The topological polar surface area (TPSA) is 85.8 Å². The largest absolute Gasteiger partial charge is 0.469 e. The summed E-state index contributed by atoms with van der Waals surface area (Å²) >= 11 is 0. The van der Waals surface area contributed by atoms with Crippen LogP contribution >= 0.6 is 0 Å². The molecule has 1 aromatic heterocycles. The molecule has 0 aromatic carbocycles. The van der Waals surface area contributed by atoms with E-state index in [0.717, 1.165) is 7.11 Å². The molecule has 0 saturated heterocycles. The van der Waals surface area contributed by atoms with Gasteiger partial charge in [-0.2, -0.15) is 13.2 Å². The van der Waals surface area contributed by atoms with Crippen LogP contribution in [0.25, 0.3) is 0 Å². The maximum absolute atomic E-state index is 12.5. The Bertz CT molecular complexity index is 499. The van der Waals surface area contributed by atoms with Crippen molar-refractivity contribution in [1.82, 2.24) is 4.90 Å². The average Bonchev–Trinajstić information content (AvgIpc) is 2.89. The smallest absolute Gasteiger partial charge is 0.406 e. The second-order valence-electron chi connectivity index (χ2n) is 4.14. The molecule has 1 amide bonds. The number of methoxy groups -OCH3 is 1. The zero-order chi connectivity index (χ0) is 16.0. The highest BCUT2D eigenvalue weighted by Gasteiger charge is 2.34. The summed E-state index contributed by atoms with van der Waals surface area (Å²) < 4.78 is 46.9. The Hall–Kier alpha value is -2.03. The van der Waals surface area contributed by atoms with E-state index in [0.29, 0.717) is 4.90 Å². The van der Waals surface area contributed by atoms with Gasteiger partial charge in [0.1, 0.15) is 12.3 Å². The minimum atomic E-state index is -4.59. The molecular weight excluding hydrogens is 293 g/mol. The molecule has 21 heavy (non-hydrogen) atoms.